The second-order valence-corrected chi connectivity index (χ2v) is 6.32. The van der Waals surface area contributed by atoms with Gasteiger partial charge in [-0.15, -0.1) is 11.3 Å². The molecule has 1 amide bonds. The Hall–Kier alpha value is -2.93. The van der Waals surface area contributed by atoms with E-state index >= 15 is 0 Å². The second-order valence-electron chi connectivity index (χ2n) is 5.45. The first kappa shape index (κ1) is 14.6. The molecule has 120 valence electrons. The smallest absolute Gasteiger partial charge is 0.261 e. The molecular weight excluding hydrogens is 324 g/mol. The standard InChI is InChI=1S/C17H14N4O2S/c1-10-15(11(2)23-20-10)16(22)18-13-5-3-12(4-6-13)14-9-21-7-8-24-17(21)19-14/h3-9H,1-2H3,(H,18,22). The number of fused-ring (bicyclic) bond motifs is 1. The molecule has 3 aromatic heterocycles. The van der Waals surface area contributed by atoms with E-state index in [-0.39, 0.29) is 5.91 Å². The van der Waals surface area contributed by atoms with E-state index in [0.717, 1.165) is 16.2 Å². The highest BCUT2D eigenvalue weighted by atomic mass is 32.1. The van der Waals surface area contributed by atoms with Crippen LogP contribution in [-0.2, 0) is 0 Å². The van der Waals surface area contributed by atoms with E-state index in [1.54, 1.807) is 25.2 Å². The summed E-state index contributed by atoms with van der Waals surface area (Å²) in [5.41, 5.74) is 3.68. The van der Waals surface area contributed by atoms with Crippen molar-refractivity contribution in [2.45, 2.75) is 13.8 Å². The van der Waals surface area contributed by atoms with Crippen molar-refractivity contribution in [3.63, 3.8) is 0 Å². The van der Waals surface area contributed by atoms with Crippen molar-refractivity contribution >= 4 is 27.9 Å². The van der Waals surface area contributed by atoms with Crippen LogP contribution < -0.4 is 5.32 Å². The fraction of sp³-hybridized carbons (Fsp3) is 0.118. The number of carbonyl (C=O) groups is 1. The maximum Gasteiger partial charge on any atom is 0.261 e. The normalized spacial score (nSPS) is 11.1. The van der Waals surface area contributed by atoms with Crippen LogP contribution >= 0.6 is 11.3 Å². The van der Waals surface area contributed by atoms with Gasteiger partial charge in [-0.05, 0) is 26.0 Å². The second kappa shape index (κ2) is 5.61. The molecule has 0 radical (unpaired) electrons. The van der Waals surface area contributed by atoms with Crippen LogP contribution in [0.25, 0.3) is 16.2 Å². The largest absolute Gasteiger partial charge is 0.361 e. The van der Waals surface area contributed by atoms with Gasteiger partial charge in [0.1, 0.15) is 11.3 Å². The first-order valence-corrected chi connectivity index (χ1v) is 8.26. The average molecular weight is 338 g/mol. The van der Waals surface area contributed by atoms with Crippen LogP contribution in [0, 0.1) is 13.8 Å². The van der Waals surface area contributed by atoms with Gasteiger partial charge in [-0.25, -0.2) is 4.98 Å². The van der Waals surface area contributed by atoms with Crippen LogP contribution in [0.1, 0.15) is 21.8 Å². The van der Waals surface area contributed by atoms with Gasteiger partial charge in [0.15, 0.2) is 4.96 Å². The third-order valence-corrected chi connectivity index (χ3v) is 4.56. The lowest BCUT2D eigenvalue weighted by Gasteiger charge is -2.05. The van der Waals surface area contributed by atoms with Gasteiger partial charge in [-0.3, -0.25) is 9.20 Å². The molecule has 1 aromatic carbocycles. The van der Waals surface area contributed by atoms with Crippen molar-refractivity contribution in [1.29, 1.82) is 0 Å². The zero-order valence-electron chi connectivity index (χ0n) is 13.1. The molecule has 4 rings (SSSR count). The van der Waals surface area contributed by atoms with Gasteiger partial charge in [0.2, 0.25) is 0 Å². The average Bonchev–Trinajstić information content (AvgIpc) is 3.23. The molecule has 24 heavy (non-hydrogen) atoms. The van der Waals surface area contributed by atoms with Crippen LogP contribution in [0.4, 0.5) is 5.69 Å². The van der Waals surface area contributed by atoms with Crippen LogP contribution in [0.15, 0.2) is 46.6 Å². The number of amides is 1. The number of nitrogens with one attached hydrogen (secondary N) is 1. The van der Waals surface area contributed by atoms with E-state index in [1.165, 1.54) is 0 Å². The summed E-state index contributed by atoms with van der Waals surface area (Å²) in [6.07, 6.45) is 3.97. The Morgan fingerprint density at radius 2 is 2.04 bits per heavy atom. The molecule has 7 heteroatoms. The minimum atomic E-state index is -0.221. The number of hydrogen-bond acceptors (Lipinski definition) is 5. The number of hydrogen-bond donors (Lipinski definition) is 1. The number of rotatable bonds is 3. The Morgan fingerprint density at radius 1 is 1.25 bits per heavy atom. The first-order chi connectivity index (χ1) is 11.6. The number of aromatic nitrogens is 3. The summed E-state index contributed by atoms with van der Waals surface area (Å²) in [6.45, 7) is 3.47. The van der Waals surface area contributed by atoms with Gasteiger partial charge in [0.05, 0.1) is 11.4 Å². The van der Waals surface area contributed by atoms with E-state index < -0.39 is 0 Å². The molecule has 0 bridgehead atoms. The Balaban J connectivity index is 1.55. The number of carbonyl (C=O) groups excluding carboxylic acids is 1. The molecule has 0 fully saturated rings. The lowest BCUT2D eigenvalue weighted by atomic mass is 10.1. The summed E-state index contributed by atoms with van der Waals surface area (Å²) in [5, 5.41) is 8.67. The molecule has 3 heterocycles. The fourth-order valence-electron chi connectivity index (χ4n) is 2.59. The summed E-state index contributed by atoms with van der Waals surface area (Å²) >= 11 is 1.60. The van der Waals surface area contributed by atoms with Crippen LogP contribution in [0.2, 0.25) is 0 Å². The zero-order valence-corrected chi connectivity index (χ0v) is 13.9. The molecule has 0 saturated heterocycles. The van der Waals surface area contributed by atoms with Crippen molar-refractivity contribution in [2.24, 2.45) is 0 Å². The van der Waals surface area contributed by atoms with E-state index in [9.17, 15) is 4.79 Å². The molecular formula is C17H14N4O2S. The lowest BCUT2D eigenvalue weighted by molar-refractivity contribution is 0.102. The summed E-state index contributed by atoms with van der Waals surface area (Å²) in [5.74, 6) is 0.293. The molecule has 0 unspecified atom stereocenters. The summed E-state index contributed by atoms with van der Waals surface area (Å²) in [7, 11) is 0. The molecule has 0 spiro atoms. The molecule has 0 atom stereocenters. The zero-order chi connectivity index (χ0) is 16.7. The molecule has 0 aliphatic rings. The summed E-state index contributed by atoms with van der Waals surface area (Å²) in [6, 6.07) is 7.60. The maximum absolute atomic E-state index is 12.3. The minimum Gasteiger partial charge on any atom is -0.361 e. The van der Waals surface area contributed by atoms with Crippen LogP contribution in [-0.4, -0.2) is 20.4 Å². The number of nitrogens with zero attached hydrogens (tertiary/aromatic N) is 3. The van der Waals surface area contributed by atoms with Gasteiger partial charge >= 0.3 is 0 Å². The van der Waals surface area contributed by atoms with Crippen LogP contribution in [0.5, 0.6) is 0 Å². The number of aryl methyl sites for hydroxylation is 2. The highest BCUT2D eigenvalue weighted by Crippen LogP contribution is 2.23. The number of benzene rings is 1. The Labute approximate surface area is 141 Å². The van der Waals surface area contributed by atoms with Gasteiger partial charge in [0, 0.05) is 29.0 Å². The van der Waals surface area contributed by atoms with Gasteiger partial charge < -0.3 is 9.84 Å². The molecule has 0 aliphatic carbocycles. The molecule has 1 N–H and O–H groups in total. The van der Waals surface area contributed by atoms with Gasteiger partial charge in [0.25, 0.3) is 5.91 Å². The molecule has 6 nitrogen and oxygen atoms in total. The topological polar surface area (TPSA) is 72.4 Å². The molecule has 0 aliphatic heterocycles. The summed E-state index contributed by atoms with van der Waals surface area (Å²) < 4.78 is 7.02. The third kappa shape index (κ3) is 2.48. The van der Waals surface area contributed by atoms with Crippen molar-refractivity contribution in [1.82, 2.24) is 14.5 Å². The third-order valence-electron chi connectivity index (χ3n) is 3.79. The number of anilines is 1. The highest BCUT2D eigenvalue weighted by Gasteiger charge is 2.17. The Bertz CT molecular complexity index is 979. The van der Waals surface area contributed by atoms with E-state index in [1.807, 2.05) is 46.4 Å². The van der Waals surface area contributed by atoms with Crippen molar-refractivity contribution < 1.29 is 9.32 Å². The van der Waals surface area contributed by atoms with Gasteiger partial charge in [-0.1, -0.05) is 17.3 Å². The number of thiazole rings is 1. The minimum absolute atomic E-state index is 0.221. The summed E-state index contributed by atoms with van der Waals surface area (Å²) in [4.78, 5) is 17.9. The van der Waals surface area contributed by atoms with E-state index in [0.29, 0.717) is 22.7 Å². The first-order valence-electron chi connectivity index (χ1n) is 7.38. The number of imidazole rings is 1. The Kier molecular flexibility index (Phi) is 3.42. The Morgan fingerprint density at radius 3 is 2.71 bits per heavy atom. The quantitative estimate of drug-likeness (QED) is 0.614. The van der Waals surface area contributed by atoms with Gasteiger partial charge in [-0.2, -0.15) is 0 Å². The fourth-order valence-corrected chi connectivity index (χ4v) is 3.29. The van der Waals surface area contributed by atoms with E-state index in [4.69, 9.17) is 4.52 Å². The molecule has 4 aromatic rings. The predicted molar refractivity (Wildman–Crippen MR) is 92.4 cm³/mol. The van der Waals surface area contributed by atoms with Crippen molar-refractivity contribution in [3.8, 4) is 11.3 Å². The van der Waals surface area contributed by atoms with Crippen LogP contribution in [0.3, 0.4) is 0 Å². The monoisotopic (exact) mass is 338 g/mol. The molecule has 0 saturated carbocycles. The SMILES string of the molecule is Cc1noc(C)c1C(=O)Nc1ccc(-c2cn3ccsc3n2)cc1. The van der Waals surface area contributed by atoms with E-state index in [2.05, 4.69) is 15.5 Å². The van der Waals surface area contributed by atoms with Crippen molar-refractivity contribution in [3.05, 3.63) is 59.1 Å². The lowest BCUT2D eigenvalue weighted by Crippen LogP contribution is -2.13. The van der Waals surface area contributed by atoms with Crippen molar-refractivity contribution in [2.75, 3.05) is 5.32 Å². The predicted octanol–water partition coefficient (Wildman–Crippen LogP) is 3.92. The maximum atomic E-state index is 12.3. The highest BCUT2D eigenvalue weighted by molar-refractivity contribution is 7.15.